The average molecular weight is 691 g/mol. The van der Waals surface area contributed by atoms with Crippen molar-refractivity contribution >= 4 is 32.7 Å². The number of hydrogen-bond donors (Lipinski definition) is 0. The van der Waals surface area contributed by atoms with Crippen molar-refractivity contribution in [1.82, 2.24) is 19.5 Å². The molecule has 0 atom stereocenters. The van der Waals surface area contributed by atoms with Gasteiger partial charge in [-0.1, -0.05) is 158 Å². The molecule has 4 nitrogen and oxygen atoms in total. The summed E-state index contributed by atoms with van der Waals surface area (Å²) in [5.41, 5.74) is 15.0. The van der Waals surface area contributed by atoms with Gasteiger partial charge < -0.3 is 4.57 Å². The molecule has 0 saturated carbocycles. The molecule has 0 aliphatic rings. The molecule has 0 N–H and O–H groups in total. The Morgan fingerprint density at radius 1 is 0.389 bits per heavy atom. The Morgan fingerprint density at radius 3 is 1.59 bits per heavy atom. The lowest BCUT2D eigenvalue weighted by Crippen LogP contribution is -1.97. The monoisotopic (exact) mass is 690 g/mol. The number of hydrogen-bond acceptors (Lipinski definition) is 3. The van der Waals surface area contributed by atoms with Gasteiger partial charge in [0, 0.05) is 44.2 Å². The van der Waals surface area contributed by atoms with Crippen LogP contribution in [0.5, 0.6) is 0 Å². The normalized spacial score (nSPS) is 11.4. The van der Waals surface area contributed by atoms with Gasteiger partial charge in [-0.3, -0.25) is 4.98 Å². The first-order valence-corrected chi connectivity index (χ1v) is 18.3. The number of aromatic nitrogens is 4. The highest BCUT2D eigenvalue weighted by Gasteiger charge is 2.18. The minimum absolute atomic E-state index is 0.705. The molecule has 3 aromatic heterocycles. The summed E-state index contributed by atoms with van der Waals surface area (Å²) in [5, 5.41) is 3.56. The maximum Gasteiger partial charge on any atom is 0.160 e. The summed E-state index contributed by atoms with van der Waals surface area (Å²) in [7, 11) is 0. The van der Waals surface area contributed by atoms with E-state index in [0.29, 0.717) is 5.82 Å². The number of fused-ring (bicyclic) bond motifs is 5. The van der Waals surface area contributed by atoms with Crippen LogP contribution in [0.15, 0.2) is 188 Å². The van der Waals surface area contributed by atoms with E-state index in [1.54, 1.807) is 0 Å². The van der Waals surface area contributed by atoms with Crippen molar-refractivity contribution in [3.63, 3.8) is 0 Å². The zero-order valence-corrected chi connectivity index (χ0v) is 29.7. The van der Waals surface area contributed by atoms with E-state index in [4.69, 9.17) is 15.0 Å². The maximum atomic E-state index is 5.09. The SMILES string of the molecule is Cc1nc2ccccc2c2c1c1ccccc1n2-c1cccc(-c2ccc(-c3cc(-c4ccc(-c5ccccc5)cc4)nc(-c4ccccc4)n3)cc2)c1. The van der Waals surface area contributed by atoms with Crippen LogP contribution in [0.1, 0.15) is 5.69 Å². The van der Waals surface area contributed by atoms with Crippen LogP contribution in [0.4, 0.5) is 0 Å². The molecule has 0 aliphatic heterocycles. The highest BCUT2D eigenvalue weighted by molar-refractivity contribution is 6.18. The van der Waals surface area contributed by atoms with Crippen LogP contribution < -0.4 is 0 Å². The van der Waals surface area contributed by atoms with Crippen molar-refractivity contribution in [2.45, 2.75) is 6.92 Å². The summed E-state index contributed by atoms with van der Waals surface area (Å²) in [6.07, 6.45) is 0. The van der Waals surface area contributed by atoms with E-state index >= 15 is 0 Å². The third-order valence-electron chi connectivity index (χ3n) is 10.3. The van der Waals surface area contributed by atoms with Gasteiger partial charge in [-0.2, -0.15) is 0 Å². The first-order chi connectivity index (χ1) is 26.7. The molecule has 0 spiro atoms. The molecular weight excluding hydrogens is 657 g/mol. The van der Waals surface area contributed by atoms with Crippen LogP contribution in [0, 0.1) is 6.92 Å². The molecule has 7 aromatic carbocycles. The highest BCUT2D eigenvalue weighted by atomic mass is 15.0. The van der Waals surface area contributed by atoms with Crippen molar-refractivity contribution < 1.29 is 0 Å². The summed E-state index contributed by atoms with van der Waals surface area (Å²) >= 11 is 0. The van der Waals surface area contributed by atoms with Gasteiger partial charge in [0.25, 0.3) is 0 Å². The standard InChI is InChI=1S/C50H34N4/c1-33-48-43-20-9-11-22-47(43)54(49(48)42-19-8-10-21-44(42)51-33)41-18-12-17-40(31-41)36-25-29-38(30-26-36)46-32-45(52-50(53-46)39-15-6-3-7-16-39)37-27-23-35(24-28-37)34-13-4-2-5-14-34/h2-32H,1H3. The second kappa shape index (κ2) is 13.1. The molecule has 0 radical (unpaired) electrons. The van der Waals surface area contributed by atoms with Crippen LogP contribution in [-0.2, 0) is 0 Å². The smallest absolute Gasteiger partial charge is 0.160 e. The molecule has 4 heteroatoms. The van der Waals surface area contributed by atoms with Crippen LogP contribution >= 0.6 is 0 Å². The topological polar surface area (TPSA) is 43.6 Å². The second-order valence-electron chi connectivity index (χ2n) is 13.7. The van der Waals surface area contributed by atoms with Gasteiger partial charge in [0.1, 0.15) is 0 Å². The van der Waals surface area contributed by atoms with Crippen molar-refractivity contribution in [1.29, 1.82) is 0 Å². The van der Waals surface area contributed by atoms with Crippen LogP contribution in [0.3, 0.4) is 0 Å². The molecule has 10 rings (SSSR count). The zero-order chi connectivity index (χ0) is 36.0. The van der Waals surface area contributed by atoms with Gasteiger partial charge in [-0.15, -0.1) is 0 Å². The maximum absolute atomic E-state index is 5.09. The first kappa shape index (κ1) is 31.6. The molecule has 254 valence electrons. The summed E-state index contributed by atoms with van der Waals surface area (Å²) in [4.78, 5) is 15.1. The Balaban J connectivity index is 1.05. The Labute approximate surface area is 313 Å². The zero-order valence-electron chi connectivity index (χ0n) is 29.7. The average Bonchev–Trinajstić information content (AvgIpc) is 3.61. The van der Waals surface area contributed by atoms with Crippen molar-refractivity contribution in [3.8, 4) is 61.8 Å². The Hall–Kier alpha value is -7.17. The molecule has 0 unspecified atom stereocenters. The third kappa shape index (κ3) is 5.53. The minimum atomic E-state index is 0.705. The van der Waals surface area contributed by atoms with E-state index in [9.17, 15) is 0 Å². The summed E-state index contributed by atoms with van der Waals surface area (Å²) in [6.45, 7) is 2.12. The van der Waals surface area contributed by atoms with E-state index in [1.165, 1.54) is 32.9 Å². The van der Waals surface area contributed by atoms with E-state index < -0.39 is 0 Å². The molecule has 0 aliphatic carbocycles. The Kier molecular flexibility index (Phi) is 7.66. The summed E-state index contributed by atoms with van der Waals surface area (Å²) < 4.78 is 2.40. The van der Waals surface area contributed by atoms with Gasteiger partial charge >= 0.3 is 0 Å². The van der Waals surface area contributed by atoms with Crippen molar-refractivity contribution in [2.75, 3.05) is 0 Å². The van der Waals surface area contributed by atoms with Gasteiger partial charge in [0.15, 0.2) is 5.82 Å². The predicted octanol–water partition coefficient (Wildman–Crippen LogP) is 12.8. The lowest BCUT2D eigenvalue weighted by molar-refractivity contribution is 1.18. The van der Waals surface area contributed by atoms with E-state index in [1.807, 2.05) is 24.3 Å². The van der Waals surface area contributed by atoms with Crippen molar-refractivity contribution in [3.05, 3.63) is 194 Å². The fourth-order valence-electron chi connectivity index (χ4n) is 7.72. The largest absolute Gasteiger partial charge is 0.308 e. The number of rotatable bonds is 6. The lowest BCUT2D eigenvalue weighted by Gasteiger charge is -2.13. The van der Waals surface area contributed by atoms with Crippen LogP contribution in [-0.4, -0.2) is 19.5 Å². The molecular formula is C50H34N4. The quantitative estimate of drug-likeness (QED) is 0.174. The molecule has 0 fully saturated rings. The summed E-state index contributed by atoms with van der Waals surface area (Å²) in [5.74, 6) is 0.705. The second-order valence-corrected chi connectivity index (χ2v) is 13.7. The Morgan fingerprint density at radius 2 is 0.907 bits per heavy atom. The van der Waals surface area contributed by atoms with E-state index in [0.717, 1.165) is 61.5 Å². The van der Waals surface area contributed by atoms with E-state index in [2.05, 4.69) is 175 Å². The van der Waals surface area contributed by atoms with Gasteiger partial charge in [-0.25, -0.2) is 9.97 Å². The van der Waals surface area contributed by atoms with Gasteiger partial charge in [0.2, 0.25) is 0 Å². The van der Waals surface area contributed by atoms with Crippen LogP contribution in [0.2, 0.25) is 0 Å². The molecule has 10 aromatic rings. The summed E-state index contributed by atoms with van der Waals surface area (Å²) in [6, 6.07) is 66.1. The molecule has 3 heterocycles. The number of para-hydroxylation sites is 2. The number of aryl methyl sites for hydroxylation is 1. The van der Waals surface area contributed by atoms with Crippen LogP contribution in [0.25, 0.3) is 94.6 Å². The molecule has 0 amide bonds. The van der Waals surface area contributed by atoms with Crippen molar-refractivity contribution in [2.24, 2.45) is 0 Å². The fraction of sp³-hybridized carbons (Fsp3) is 0.0200. The van der Waals surface area contributed by atoms with Gasteiger partial charge in [-0.05, 0) is 59.5 Å². The molecule has 54 heavy (non-hydrogen) atoms. The minimum Gasteiger partial charge on any atom is -0.308 e. The Bertz CT molecular complexity index is 2960. The van der Waals surface area contributed by atoms with Gasteiger partial charge in [0.05, 0.1) is 27.9 Å². The highest BCUT2D eigenvalue weighted by Crippen LogP contribution is 2.38. The number of pyridine rings is 1. The van der Waals surface area contributed by atoms with E-state index in [-0.39, 0.29) is 0 Å². The lowest BCUT2D eigenvalue weighted by atomic mass is 10.00. The molecule has 0 saturated heterocycles. The predicted molar refractivity (Wildman–Crippen MR) is 224 cm³/mol. The molecule has 0 bridgehead atoms. The fourth-order valence-corrected chi connectivity index (χ4v) is 7.72. The third-order valence-corrected chi connectivity index (χ3v) is 10.3. The number of nitrogens with zero attached hydrogens (tertiary/aromatic N) is 4. The first-order valence-electron chi connectivity index (χ1n) is 18.3. The number of benzene rings is 7.